The van der Waals surface area contributed by atoms with Crippen molar-refractivity contribution in [2.45, 2.75) is 43.6 Å². The highest BCUT2D eigenvalue weighted by molar-refractivity contribution is 7.89. The topological polar surface area (TPSA) is 102 Å². The van der Waals surface area contributed by atoms with Crippen molar-refractivity contribution in [3.63, 3.8) is 0 Å². The maximum absolute atomic E-state index is 12.9. The summed E-state index contributed by atoms with van der Waals surface area (Å²) in [4.78, 5) is 25.2. The van der Waals surface area contributed by atoms with Gasteiger partial charge in [0, 0.05) is 18.8 Å². The van der Waals surface area contributed by atoms with Crippen LogP contribution in [-0.2, 0) is 19.6 Å². The highest BCUT2D eigenvalue weighted by Crippen LogP contribution is 2.23. The van der Waals surface area contributed by atoms with Crippen LogP contribution in [0.3, 0.4) is 0 Å². The van der Waals surface area contributed by atoms with Crippen molar-refractivity contribution >= 4 is 27.6 Å². The number of carbonyl (C=O) groups is 2. The third-order valence-electron chi connectivity index (χ3n) is 6.05. The minimum absolute atomic E-state index is 0.136. The van der Waals surface area contributed by atoms with E-state index >= 15 is 0 Å². The molecule has 37 heavy (non-hydrogen) atoms. The summed E-state index contributed by atoms with van der Waals surface area (Å²) >= 11 is 0. The Kier molecular flexibility index (Phi) is 8.58. The first-order valence-electron chi connectivity index (χ1n) is 12.3. The quantitative estimate of drug-likeness (QED) is 0.407. The number of para-hydroxylation sites is 1. The molecular weight excluding hydrogens is 492 g/mol. The van der Waals surface area contributed by atoms with Crippen molar-refractivity contribution in [2.24, 2.45) is 0 Å². The third kappa shape index (κ3) is 6.96. The molecule has 194 valence electrons. The number of anilines is 1. The average Bonchev–Trinajstić information content (AvgIpc) is 3.21. The minimum Gasteiger partial charge on any atom is -0.457 e. The van der Waals surface area contributed by atoms with Gasteiger partial charge in [0.05, 0.1) is 10.5 Å². The van der Waals surface area contributed by atoms with Crippen LogP contribution in [0.2, 0.25) is 0 Å². The zero-order valence-corrected chi connectivity index (χ0v) is 21.4. The zero-order chi connectivity index (χ0) is 26.3. The van der Waals surface area contributed by atoms with E-state index in [0.717, 1.165) is 25.7 Å². The minimum atomic E-state index is -3.61. The van der Waals surface area contributed by atoms with Gasteiger partial charge in [0.15, 0.2) is 6.10 Å². The number of amides is 1. The van der Waals surface area contributed by atoms with Gasteiger partial charge in [-0.25, -0.2) is 13.2 Å². The lowest BCUT2D eigenvalue weighted by atomic mass is 10.2. The molecule has 1 aliphatic heterocycles. The Morgan fingerprint density at radius 3 is 2.03 bits per heavy atom. The van der Waals surface area contributed by atoms with Crippen LogP contribution >= 0.6 is 0 Å². The summed E-state index contributed by atoms with van der Waals surface area (Å²) in [5.41, 5.74) is 0.688. The number of rotatable bonds is 8. The molecule has 3 aromatic carbocycles. The molecule has 0 aromatic heterocycles. The lowest BCUT2D eigenvalue weighted by Crippen LogP contribution is -2.32. The molecule has 8 nitrogen and oxygen atoms in total. The number of nitrogens with zero attached hydrogens (tertiary/aromatic N) is 1. The van der Waals surface area contributed by atoms with Crippen molar-refractivity contribution in [1.29, 1.82) is 0 Å². The molecular formula is C28H30N2O6S. The Labute approximate surface area is 217 Å². The van der Waals surface area contributed by atoms with E-state index in [4.69, 9.17) is 9.47 Å². The van der Waals surface area contributed by atoms with Gasteiger partial charge in [-0.2, -0.15) is 4.31 Å². The highest BCUT2D eigenvalue weighted by atomic mass is 32.2. The van der Waals surface area contributed by atoms with Gasteiger partial charge in [0.1, 0.15) is 11.5 Å². The fourth-order valence-electron chi connectivity index (χ4n) is 3.95. The molecule has 1 heterocycles. The summed E-state index contributed by atoms with van der Waals surface area (Å²) in [6, 6.07) is 21.8. The van der Waals surface area contributed by atoms with Crippen LogP contribution in [0, 0.1) is 0 Å². The van der Waals surface area contributed by atoms with Gasteiger partial charge in [-0.1, -0.05) is 31.0 Å². The molecule has 1 fully saturated rings. The normalized spacial score (nSPS) is 15.3. The van der Waals surface area contributed by atoms with E-state index in [-0.39, 0.29) is 10.5 Å². The summed E-state index contributed by atoms with van der Waals surface area (Å²) in [5, 5.41) is 2.70. The largest absolute Gasteiger partial charge is 0.457 e. The molecule has 0 bridgehead atoms. The van der Waals surface area contributed by atoms with Gasteiger partial charge in [-0.05, 0) is 80.4 Å². The number of hydrogen-bond donors (Lipinski definition) is 1. The van der Waals surface area contributed by atoms with Crippen LogP contribution in [0.5, 0.6) is 11.5 Å². The summed E-state index contributed by atoms with van der Waals surface area (Å²) < 4.78 is 38.4. The fraction of sp³-hybridized carbons (Fsp3) is 0.286. The first kappa shape index (κ1) is 26.4. The highest BCUT2D eigenvalue weighted by Gasteiger charge is 2.26. The summed E-state index contributed by atoms with van der Waals surface area (Å²) in [6.45, 7) is 2.47. The second kappa shape index (κ2) is 12.0. The Hall–Kier alpha value is -3.69. The first-order chi connectivity index (χ1) is 17.8. The standard InChI is InChI=1S/C28H30N2O6S/c1-21(27(31)29-23-13-15-25(16-14-23)36-24-9-5-4-6-10-24)35-28(32)22-11-17-26(18-12-22)37(33,34)30-19-7-2-3-8-20-30/h4-6,9-18,21H,2-3,7-8,19-20H2,1H3,(H,29,31)/t21-/m1/s1. The monoisotopic (exact) mass is 522 g/mol. The summed E-state index contributed by atoms with van der Waals surface area (Å²) in [6.07, 6.45) is 2.67. The van der Waals surface area contributed by atoms with Crippen molar-refractivity contribution in [1.82, 2.24) is 4.31 Å². The van der Waals surface area contributed by atoms with Gasteiger partial charge in [-0.3, -0.25) is 4.79 Å². The maximum Gasteiger partial charge on any atom is 0.338 e. The Morgan fingerprint density at radius 1 is 0.811 bits per heavy atom. The van der Waals surface area contributed by atoms with Crippen LogP contribution in [0.1, 0.15) is 43.0 Å². The molecule has 1 saturated heterocycles. The predicted octanol–water partition coefficient (Wildman–Crippen LogP) is 5.23. The third-order valence-corrected chi connectivity index (χ3v) is 7.96. The number of benzene rings is 3. The molecule has 0 radical (unpaired) electrons. The van der Waals surface area contributed by atoms with E-state index in [1.54, 1.807) is 24.3 Å². The Balaban J connectivity index is 1.31. The lowest BCUT2D eigenvalue weighted by molar-refractivity contribution is -0.123. The van der Waals surface area contributed by atoms with E-state index in [1.165, 1.54) is 35.5 Å². The number of esters is 1. The first-order valence-corrected chi connectivity index (χ1v) is 13.7. The van der Waals surface area contributed by atoms with Crippen LogP contribution in [0.15, 0.2) is 83.8 Å². The van der Waals surface area contributed by atoms with Crippen LogP contribution < -0.4 is 10.1 Å². The average molecular weight is 523 g/mol. The van der Waals surface area contributed by atoms with Crippen molar-refractivity contribution in [3.8, 4) is 11.5 Å². The smallest absolute Gasteiger partial charge is 0.338 e. The number of sulfonamides is 1. The molecule has 0 saturated carbocycles. The van der Waals surface area contributed by atoms with Crippen LogP contribution in [0.4, 0.5) is 5.69 Å². The molecule has 4 rings (SSSR count). The molecule has 1 N–H and O–H groups in total. The van der Waals surface area contributed by atoms with E-state index in [1.807, 2.05) is 30.3 Å². The molecule has 1 amide bonds. The van der Waals surface area contributed by atoms with Crippen molar-refractivity contribution in [3.05, 3.63) is 84.4 Å². The SMILES string of the molecule is C[C@@H](OC(=O)c1ccc(S(=O)(=O)N2CCCCCC2)cc1)C(=O)Nc1ccc(Oc2ccccc2)cc1. The number of carbonyl (C=O) groups excluding carboxylic acids is 2. The molecule has 1 aliphatic rings. The molecule has 3 aromatic rings. The molecule has 1 atom stereocenters. The second-order valence-corrected chi connectivity index (χ2v) is 10.8. The molecule has 0 aliphatic carbocycles. The van der Waals surface area contributed by atoms with Gasteiger partial charge in [-0.15, -0.1) is 0 Å². The summed E-state index contributed by atoms with van der Waals surface area (Å²) in [7, 11) is -3.61. The Bertz CT molecular complexity index is 1300. The van der Waals surface area contributed by atoms with Crippen molar-refractivity contribution < 1.29 is 27.5 Å². The van der Waals surface area contributed by atoms with Gasteiger partial charge in [0.25, 0.3) is 5.91 Å². The van der Waals surface area contributed by atoms with Crippen LogP contribution in [-0.4, -0.2) is 43.8 Å². The van der Waals surface area contributed by atoms with E-state index in [2.05, 4.69) is 5.32 Å². The van der Waals surface area contributed by atoms with E-state index < -0.39 is 28.0 Å². The predicted molar refractivity (Wildman–Crippen MR) is 140 cm³/mol. The second-order valence-electron chi connectivity index (χ2n) is 8.82. The van der Waals surface area contributed by atoms with Crippen molar-refractivity contribution in [2.75, 3.05) is 18.4 Å². The summed E-state index contributed by atoms with van der Waals surface area (Å²) in [5.74, 6) is 0.107. The van der Waals surface area contributed by atoms with E-state index in [0.29, 0.717) is 30.3 Å². The number of ether oxygens (including phenoxy) is 2. The molecule has 9 heteroatoms. The number of nitrogens with one attached hydrogen (secondary N) is 1. The van der Waals surface area contributed by atoms with Crippen LogP contribution in [0.25, 0.3) is 0 Å². The van der Waals surface area contributed by atoms with Gasteiger partial charge >= 0.3 is 5.97 Å². The Morgan fingerprint density at radius 2 is 1.41 bits per heavy atom. The van der Waals surface area contributed by atoms with Gasteiger partial charge in [0.2, 0.25) is 10.0 Å². The molecule has 0 spiro atoms. The fourth-order valence-corrected chi connectivity index (χ4v) is 5.47. The van der Waals surface area contributed by atoms with Gasteiger partial charge < -0.3 is 14.8 Å². The zero-order valence-electron chi connectivity index (χ0n) is 20.6. The van der Waals surface area contributed by atoms with E-state index in [9.17, 15) is 18.0 Å². The molecule has 0 unspecified atom stereocenters. The maximum atomic E-state index is 12.9. The number of hydrogen-bond acceptors (Lipinski definition) is 6. The lowest BCUT2D eigenvalue weighted by Gasteiger charge is -2.20.